The maximum absolute atomic E-state index is 11.0. The predicted molar refractivity (Wildman–Crippen MR) is 222 cm³/mol. The van der Waals surface area contributed by atoms with Gasteiger partial charge in [0, 0.05) is 27.3 Å². The molecule has 0 radical (unpaired) electrons. The minimum Gasteiger partial charge on any atom is -0.508 e. The standard InChI is InChI=1S/C25H36O2.C22H30O2S/c1-9-16-11-18(22(26)20(13-16)24(3,4)5)15-19-12-17(10-2)14-21(23(19)27)25(6,7)8;1-13-9-17(23)15(21(3,4)5)11-19(13)25-20-12-16(22(6,7)8)18(24)10-14(20)2/h11-14,26-27H,9-10,15H2,1-8H3;9-12,23-24H,1-8H3. The van der Waals surface area contributed by atoms with Gasteiger partial charge in [-0.15, -0.1) is 0 Å². The summed E-state index contributed by atoms with van der Waals surface area (Å²) in [5.74, 6) is 1.43. The Kier molecular flexibility index (Phi) is 13.0. The second-order valence-corrected chi connectivity index (χ2v) is 19.6. The SMILES string of the molecule is CCc1cc(Cc2cc(CC)cc(C(C)(C)C)c2O)c(O)c(C(C)(C)C)c1.Cc1cc(O)c(C(C)(C)C)cc1Sc1cc(C(C)(C)C)c(O)cc1C. The van der Waals surface area contributed by atoms with E-state index in [0.29, 0.717) is 29.4 Å². The Morgan fingerprint density at radius 2 is 0.750 bits per heavy atom. The van der Waals surface area contributed by atoms with Gasteiger partial charge < -0.3 is 20.4 Å². The Morgan fingerprint density at radius 3 is 1.02 bits per heavy atom. The van der Waals surface area contributed by atoms with Crippen LogP contribution < -0.4 is 0 Å². The molecule has 4 rings (SSSR count). The maximum Gasteiger partial charge on any atom is 0.122 e. The normalized spacial score (nSPS) is 12.5. The lowest BCUT2D eigenvalue weighted by Crippen LogP contribution is -2.14. The zero-order valence-corrected chi connectivity index (χ0v) is 35.8. The Bertz CT molecular complexity index is 1750. The summed E-state index contributed by atoms with van der Waals surface area (Å²) in [6.45, 7) is 33.7. The molecule has 0 spiro atoms. The van der Waals surface area contributed by atoms with Crippen LogP contribution in [0.5, 0.6) is 23.0 Å². The van der Waals surface area contributed by atoms with Gasteiger partial charge in [0.1, 0.15) is 23.0 Å². The van der Waals surface area contributed by atoms with Crippen LogP contribution in [-0.2, 0) is 40.9 Å². The van der Waals surface area contributed by atoms with Crippen LogP contribution in [-0.4, -0.2) is 20.4 Å². The molecule has 4 N–H and O–H groups in total. The molecule has 0 saturated carbocycles. The monoisotopic (exact) mass is 726 g/mol. The Morgan fingerprint density at radius 1 is 0.442 bits per heavy atom. The van der Waals surface area contributed by atoms with Gasteiger partial charge in [-0.1, -0.05) is 133 Å². The minimum absolute atomic E-state index is 0.117. The Hall–Kier alpha value is -3.57. The van der Waals surface area contributed by atoms with Gasteiger partial charge in [-0.3, -0.25) is 0 Å². The van der Waals surface area contributed by atoms with E-state index in [1.165, 1.54) is 11.1 Å². The molecular weight excluding hydrogens is 661 g/mol. The van der Waals surface area contributed by atoms with Crippen molar-refractivity contribution in [2.24, 2.45) is 0 Å². The number of aromatic hydroxyl groups is 4. The van der Waals surface area contributed by atoms with E-state index in [1.807, 2.05) is 26.0 Å². The molecular formula is C47H66O4S. The van der Waals surface area contributed by atoms with Crippen LogP contribution in [0.15, 0.2) is 58.3 Å². The van der Waals surface area contributed by atoms with E-state index < -0.39 is 0 Å². The summed E-state index contributed by atoms with van der Waals surface area (Å²) in [7, 11) is 0. The van der Waals surface area contributed by atoms with Crippen molar-refractivity contribution in [3.8, 4) is 23.0 Å². The third-order valence-corrected chi connectivity index (χ3v) is 11.1. The van der Waals surface area contributed by atoms with Gasteiger partial charge in [-0.05, 0) is 117 Å². The summed E-state index contributed by atoms with van der Waals surface area (Å²) in [5.41, 5.74) is 9.68. The quantitative estimate of drug-likeness (QED) is 0.159. The van der Waals surface area contributed by atoms with Crippen molar-refractivity contribution in [1.29, 1.82) is 0 Å². The fourth-order valence-electron chi connectivity index (χ4n) is 6.43. The highest BCUT2D eigenvalue weighted by Crippen LogP contribution is 2.43. The number of hydrogen-bond donors (Lipinski definition) is 4. The molecule has 284 valence electrons. The number of aryl methyl sites for hydroxylation is 4. The van der Waals surface area contributed by atoms with Gasteiger partial charge in [0.2, 0.25) is 0 Å². The van der Waals surface area contributed by atoms with Crippen molar-refractivity contribution in [2.45, 2.75) is 161 Å². The lowest BCUT2D eigenvalue weighted by atomic mass is 9.81. The summed E-state index contributed by atoms with van der Waals surface area (Å²) < 4.78 is 0. The summed E-state index contributed by atoms with van der Waals surface area (Å²) in [5, 5.41) is 42.6. The molecule has 0 aliphatic rings. The summed E-state index contributed by atoms with van der Waals surface area (Å²) in [4.78, 5) is 2.27. The van der Waals surface area contributed by atoms with Crippen LogP contribution >= 0.6 is 11.8 Å². The van der Waals surface area contributed by atoms with E-state index in [-0.39, 0.29) is 21.7 Å². The van der Waals surface area contributed by atoms with Crippen molar-refractivity contribution in [3.05, 3.63) is 104 Å². The van der Waals surface area contributed by atoms with Crippen LogP contribution in [0.4, 0.5) is 0 Å². The van der Waals surface area contributed by atoms with Gasteiger partial charge >= 0.3 is 0 Å². The molecule has 0 aromatic heterocycles. The molecule has 0 saturated heterocycles. The summed E-state index contributed by atoms with van der Waals surface area (Å²) in [6, 6.07) is 16.3. The van der Waals surface area contributed by atoms with E-state index in [9.17, 15) is 20.4 Å². The molecule has 4 nitrogen and oxygen atoms in total. The molecule has 0 amide bonds. The number of hydrogen-bond acceptors (Lipinski definition) is 5. The van der Waals surface area contributed by atoms with Gasteiger partial charge in [-0.2, -0.15) is 0 Å². The lowest BCUT2D eigenvalue weighted by molar-refractivity contribution is 0.435. The third kappa shape index (κ3) is 10.3. The van der Waals surface area contributed by atoms with E-state index in [4.69, 9.17) is 0 Å². The van der Waals surface area contributed by atoms with Crippen LogP contribution in [0, 0.1) is 13.8 Å². The first-order valence-electron chi connectivity index (χ1n) is 18.7. The van der Waals surface area contributed by atoms with Gasteiger partial charge in [0.25, 0.3) is 0 Å². The highest BCUT2D eigenvalue weighted by Gasteiger charge is 2.25. The van der Waals surface area contributed by atoms with Crippen molar-refractivity contribution >= 4 is 11.8 Å². The molecule has 4 aromatic carbocycles. The van der Waals surface area contributed by atoms with E-state index in [1.54, 1.807) is 11.8 Å². The average Bonchev–Trinajstić information content (AvgIpc) is 2.99. The van der Waals surface area contributed by atoms with Crippen LogP contribution in [0.25, 0.3) is 0 Å². The van der Waals surface area contributed by atoms with Crippen molar-refractivity contribution in [1.82, 2.24) is 0 Å². The topological polar surface area (TPSA) is 80.9 Å². The molecule has 0 fully saturated rings. The number of rotatable bonds is 6. The highest BCUT2D eigenvalue weighted by atomic mass is 32.2. The van der Waals surface area contributed by atoms with Gasteiger partial charge in [0.05, 0.1) is 0 Å². The van der Waals surface area contributed by atoms with Crippen molar-refractivity contribution < 1.29 is 20.4 Å². The highest BCUT2D eigenvalue weighted by molar-refractivity contribution is 7.99. The third-order valence-electron chi connectivity index (χ3n) is 9.73. The maximum atomic E-state index is 11.0. The van der Waals surface area contributed by atoms with Gasteiger partial charge in [-0.25, -0.2) is 0 Å². The first kappa shape index (κ1) is 42.8. The number of phenols is 4. The zero-order valence-electron chi connectivity index (χ0n) is 34.9. The fraction of sp³-hybridized carbons (Fsp3) is 0.489. The van der Waals surface area contributed by atoms with Crippen molar-refractivity contribution in [3.63, 3.8) is 0 Å². The van der Waals surface area contributed by atoms with E-state index in [2.05, 4.69) is 133 Å². The molecule has 5 heteroatoms. The molecule has 0 aliphatic heterocycles. The second kappa shape index (κ2) is 15.8. The summed E-state index contributed by atoms with van der Waals surface area (Å²) in [6.07, 6.45) is 2.38. The fourth-order valence-corrected chi connectivity index (χ4v) is 7.46. The predicted octanol–water partition coefficient (Wildman–Crippen LogP) is 12.9. The molecule has 4 aromatic rings. The molecule has 0 heterocycles. The van der Waals surface area contributed by atoms with Crippen molar-refractivity contribution in [2.75, 3.05) is 0 Å². The molecule has 52 heavy (non-hydrogen) atoms. The number of phenolic OH excluding ortho intramolecular Hbond substituents is 4. The summed E-state index contributed by atoms with van der Waals surface area (Å²) >= 11 is 1.70. The number of benzene rings is 4. The first-order chi connectivity index (χ1) is 23.7. The van der Waals surface area contributed by atoms with E-state index >= 15 is 0 Å². The smallest absolute Gasteiger partial charge is 0.122 e. The van der Waals surface area contributed by atoms with Crippen LogP contribution in [0.2, 0.25) is 0 Å². The van der Waals surface area contributed by atoms with E-state index in [0.717, 1.165) is 67.1 Å². The largest absolute Gasteiger partial charge is 0.508 e. The second-order valence-electron chi connectivity index (χ2n) is 18.6. The average molecular weight is 727 g/mol. The first-order valence-corrected chi connectivity index (χ1v) is 19.6. The molecule has 0 aliphatic carbocycles. The van der Waals surface area contributed by atoms with Crippen LogP contribution in [0.1, 0.15) is 153 Å². The Labute approximate surface area is 319 Å². The Balaban J connectivity index is 0.000000281. The van der Waals surface area contributed by atoms with Gasteiger partial charge in [0.15, 0.2) is 0 Å². The minimum atomic E-state index is -0.131. The molecule has 0 atom stereocenters. The lowest BCUT2D eigenvalue weighted by Gasteiger charge is -2.25. The molecule has 0 unspecified atom stereocenters. The van der Waals surface area contributed by atoms with Crippen LogP contribution in [0.3, 0.4) is 0 Å². The zero-order chi connectivity index (χ0) is 39.7. The molecule has 0 bridgehead atoms.